The number of carbonyl (C=O) groups is 1. The molecule has 2 N–H and O–H groups in total. The van der Waals surface area contributed by atoms with Crippen LogP contribution in [0.1, 0.15) is 51.0 Å². The van der Waals surface area contributed by atoms with E-state index in [0.29, 0.717) is 17.4 Å². The summed E-state index contributed by atoms with van der Waals surface area (Å²) >= 11 is 0. The second kappa shape index (κ2) is 8.92. The summed E-state index contributed by atoms with van der Waals surface area (Å²) in [7, 11) is 2.22. The number of hydrogen-bond acceptors (Lipinski definition) is 3. The van der Waals surface area contributed by atoms with E-state index in [0.717, 1.165) is 19.4 Å². The number of para-hydroxylation sites is 1. The van der Waals surface area contributed by atoms with Gasteiger partial charge in [0.1, 0.15) is 0 Å². The number of amides is 1. The lowest BCUT2D eigenvalue weighted by molar-refractivity contribution is -0.110. The first kappa shape index (κ1) is 19.9. The molecule has 0 aromatic heterocycles. The zero-order chi connectivity index (χ0) is 19.3. The van der Waals surface area contributed by atoms with Gasteiger partial charge >= 0.3 is 0 Å². The van der Waals surface area contributed by atoms with Crippen LogP contribution in [0.3, 0.4) is 0 Å². The van der Waals surface area contributed by atoms with Crippen molar-refractivity contribution < 1.29 is 4.79 Å². The first-order valence-corrected chi connectivity index (χ1v) is 10.4. The fourth-order valence-corrected chi connectivity index (χ4v) is 4.81. The Morgan fingerprint density at radius 1 is 1.33 bits per heavy atom. The van der Waals surface area contributed by atoms with Crippen molar-refractivity contribution in [2.75, 3.05) is 32.0 Å². The van der Waals surface area contributed by atoms with Crippen LogP contribution >= 0.6 is 0 Å². The third kappa shape index (κ3) is 4.73. The molecule has 3 aliphatic rings. The molecule has 2 atom stereocenters. The molecule has 4 heteroatoms. The predicted octanol–water partition coefficient (Wildman–Crippen LogP) is 3.94. The van der Waals surface area contributed by atoms with E-state index in [4.69, 9.17) is 0 Å². The molecule has 1 aromatic rings. The smallest absolute Gasteiger partial charge is 0.207 e. The standard InChI is InChI=1S/C13H18N2.C10H17NO/c1-15-8-6-13(7-9-15)10-14-12-5-3-2-4-11(12)13;1-8-4-3-5-10(6-8)9(2)11-7-12/h2-5,14H,6-10H2,1H3;7,9-10H,1,3-6H2,2H3,(H,11,12). The van der Waals surface area contributed by atoms with Crippen molar-refractivity contribution in [3.8, 4) is 0 Å². The largest absolute Gasteiger partial charge is 0.384 e. The van der Waals surface area contributed by atoms with Gasteiger partial charge in [0.2, 0.25) is 6.41 Å². The minimum absolute atomic E-state index is 0.305. The van der Waals surface area contributed by atoms with E-state index in [1.54, 1.807) is 5.56 Å². The van der Waals surface area contributed by atoms with Crippen LogP contribution in [0.2, 0.25) is 0 Å². The number of fused-ring (bicyclic) bond motifs is 2. The molecule has 1 amide bonds. The normalized spacial score (nSPS) is 25.0. The Labute approximate surface area is 164 Å². The van der Waals surface area contributed by atoms with Gasteiger partial charge in [-0.15, -0.1) is 0 Å². The van der Waals surface area contributed by atoms with Crippen molar-refractivity contribution in [3.63, 3.8) is 0 Å². The summed E-state index contributed by atoms with van der Waals surface area (Å²) in [6.07, 6.45) is 8.10. The van der Waals surface area contributed by atoms with Crippen LogP contribution in [-0.2, 0) is 10.2 Å². The first-order valence-electron chi connectivity index (χ1n) is 10.4. The van der Waals surface area contributed by atoms with E-state index < -0.39 is 0 Å². The molecule has 1 saturated carbocycles. The number of nitrogens with zero attached hydrogens (tertiary/aromatic N) is 1. The van der Waals surface area contributed by atoms with Crippen LogP contribution < -0.4 is 10.6 Å². The van der Waals surface area contributed by atoms with Crippen molar-refractivity contribution >= 4 is 12.1 Å². The lowest BCUT2D eigenvalue weighted by atomic mass is 9.74. The monoisotopic (exact) mass is 369 g/mol. The zero-order valence-electron chi connectivity index (χ0n) is 17.0. The lowest BCUT2D eigenvalue weighted by Gasteiger charge is -2.37. The van der Waals surface area contributed by atoms with Crippen LogP contribution in [0.4, 0.5) is 5.69 Å². The Hall–Kier alpha value is -1.81. The SMILES string of the molecule is C=C1CCCC(C(C)NC=O)C1.CN1CCC2(CC1)CNc1ccccc12. The number of anilines is 1. The zero-order valence-corrected chi connectivity index (χ0v) is 17.0. The van der Waals surface area contributed by atoms with Crippen LogP contribution in [0.15, 0.2) is 36.4 Å². The van der Waals surface area contributed by atoms with E-state index in [9.17, 15) is 4.79 Å². The third-order valence-corrected chi connectivity index (χ3v) is 6.75. The number of piperidine rings is 1. The molecule has 148 valence electrons. The van der Waals surface area contributed by atoms with Gasteiger partial charge in [-0.05, 0) is 83.1 Å². The molecule has 2 unspecified atom stereocenters. The van der Waals surface area contributed by atoms with Gasteiger partial charge in [-0.1, -0.05) is 30.4 Å². The van der Waals surface area contributed by atoms with E-state index >= 15 is 0 Å². The minimum atomic E-state index is 0.305. The van der Waals surface area contributed by atoms with Gasteiger partial charge in [-0.3, -0.25) is 4.79 Å². The van der Waals surface area contributed by atoms with Gasteiger partial charge in [0.25, 0.3) is 0 Å². The number of carbonyl (C=O) groups excluding carboxylic acids is 1. The average Bonchev–Trinajstić information content (AvgIpc) is 3.04. The van der Waals surface area contributed by atoms with Crippen molar-refractivity contribution in [1.82, 2.24) is 10.2 Å². The van der Waals surface area contributed by atoms with Crippen molar-refractivity contribution in [2.24, 2.45) is 5.92 Å². The van der Waals surface area contributed by atoms with E-state index in [2.05, 4.69) is 60.3 Å². The highest BCUT2D eigenvalue weighted by Gasteiger charge is 2.40. The second-order valence-electron chi connectivity index (χ2n) is 8.66. The van der Waals surface area contributed by atoms with Crippen LogP contribution in [0.25, 0.3) is 0 Å². The Morgan fingerprint density at radius 3 is 2.78 bits per heavy atom. The molecule has 0 radical (unpaired) electrons. The number of likely N-dealkylation sites (tertiary alicyclic amines) is 1. The number of benzene rings is 1. The van der Waals surface area contributed by atoms with Gasteiger partial charge in [0.05, 0.1) is 0 Å². The Morgan fingerprint density at radius 2 is 2.07 bits per heavy atom. The number of allylic oxidation sites excluding steroid dienone is 1. The Bertz CT molecular complexity index is 649. The molecule has 2 aliphatic heterocycles. The fourth-order valence-electron chi connectivity index (χ4n) is 4.81. The van der Waals surface area contributed by atoms with Crippen LogP contribution in [0, 0.1) is 5.92 Å². The van der Waals surface area contributed by atoms with Gasteiger partial charge < -0.3 is 15.5 Å². The maximum absolute atomic E-state index is 10.2. The summed E-state index contributed by atoms with van der Waals surface area (Å²) in [5.74, 6) is 0.608. The highest BCUT2D eigenvalue weighted by atomic mass is 16.1. The molecule has 27 heavy (non-hydrogen) atoms. The first-order chi connectivity index (χ1) is 13.0. The molecular weight excluding hydrogens is 334 g/mol. The maximum Gasteiger partial charge on any atom is 0.207 e. The third-order valence-electron chi connectivity index (χ3n) is 6.75. The van der Waals surface area contributed by atoms with Crippen molar-refractivity contribution in [3.05, 3.63) is 42.0 Å². The van der Waals surface area contributed by atoms with E-state index in [-0.39, 0.29) is 0 Å². The molecule has 1 aromatic carbocycles. The molecule has 4 rings (SSSR count). The molecule has 2 fully saturated rings. The van der Waals surface area contributed by atoms with Crippen molar-refractivity contribution in [1.29, 1.82) is 0 Å². The predicted molar refractivity (Wildman–Crippen MR) is 113 cm³/mol. The Balaban J connectivity index is 0.000000161. The Kier molecular flexibility index (Phi) is 6.59. The fraction of sp³-hybridized carbons (Fsp3) is 0.609. The summed E-state index contributed by atoms with van der Waals surface area (Å²) in [5, 5.41) is 6.37. The lowest BCUT2D eigenvalue weighted by Crippen LogP contribution is -2.42. The van der Waals surface area contributed by atoms with E-state index in [1.165, 1.54) is 56.5 Å². The highest BCUT2D eigenvalue weighted by molar-refractivity contribution is 5.60. The molecular formula is C23H35N3O. The molecule has 1 spiro atoms. The number of hydrogen-bond donors (Lipinski definition) is 2. The molecule has 1 saturated heterocycles. The van der Waals surface area contributed by atoms with Gasteiger partial charge in [0, 0.05) is 23.7 Å². The summed E-state index contributed by atoms with van der Waals surface area (Å²) in [5.41, 5.74) is 4.69. The second-order valence-corrected chi connectivity index (χ2v) is 8.66. The van der Waals surface area contributed by atoms with Gasteiger partial charge in [-0.25, -0.2) is 0 Å². The van der Waals surface area contributed by atoms with E-state index in [1.807, 2.05) is 0 Å². The number of nitrogens with one attached hydrogen (secondary N) is 2. The van der Waals surface area contributed by atoms with Gasteiger partial charge in [0.15, 0.2) is 0 Å². The average molecular weight is 370 g/mol. The van der Waals surface area contributed by atoms with Crippen LogP contribution in [0.5, 0.6) is 0 Å². The van der Waals surface area contributed by atoms with Crippen molar-refractivity contribution in [2.45, 2.75) is 56.9 Å². The molecule has 4 nitrogen and oxygen atoms in total. The summed E-state index contributed by atoms with van der Waals surface area (Å²) in [4.78, 5) is 12.6. The summed E-state index contributed by atoms with van der Waals surface area (Å²) < 4.78 is 0. The topological polar surface area (TPSA) is 44.4 Å². The summed E-state index contributed by atoms with van der Waals surface area (Å²) in [6.45, 7) is 9.66. The quantitative estimate of drug-likeness (QED) is 0.626. The highest BCUT2D eigenvalue weighted by Crippen LogP contribution is 2.43. The van der Waals surface area contributed by atoms with Gasteiger partial charge in [-0.2, -0.15) is 0 Å². The van der Waals surface area contributed by atoms with Crippen LogP contribution in [-0.4, -0.2) is 44.0 Å². The molecule has 1 aliphatic carbocycles. The maximum atomic E-state index is 10.2. The minimum Gasteiger partial charge on any atom is -0.384 e. The molecule has 2 heterocycles. The number of rotatable bonds is 3. The summed E-state index contributed by atoms with van der Waals surface area (Å²) in [6, 6.07) is 9.12. The molecule has 0 bridgehead atoms.